The Morgan fingerprint density at radius 2 is 1.90 bits per heavy atom. The predicted octanol–water partition coefficient (Wildman–Crippen LogP) is 4.25. The van der Waals surface area contributed by atoms with Gasteiger partial charge >= 0.3 is 11.1 Å². The fourth-order valence-electron chi connectivity index (χ4n) is 2.04. The van der Waals surface area contributed by atoms with Crippen LogP contribution in [0.2, 0.25) is 0 Å². The van der Waals surface area contributed by atoms with Crippen LogP contribution in [0.4, 0.5) is 13.2 Å². The summed E-state index contributed by atoms with van der Waals surface area (Å²) in [6.45, 7) is 0. The monoisotopic (exact) mass is 312 g/mol. The molecule has 0 aliphatic heterocycles. The van der Waals surface area contributed by atoms with E-state index in [1.807, 2.05) is 0 Å². The number of phenolic OH excluding ortho intramolecular Hbond substituents is 1. The number of hydrogen-bond acceptors (Lipinski definition) is 4. The van der Waals surface area contributed by atoms with Gasteiger partial charge in [0.15, 0.2) is 5.58 Å². The first-order valence-electron chi connectivity index (χ1n) is 5.79. The molecule has 1 heterocycles. The second kappa shape index (κ2) is 4.63. The maximum Gasteiger partial charge on any atom is 0.416 e. The Labute approximate surface area is 119 Å². The summed E-state index contributed by atoms with van der Waals surface area (Å²) in [6.07, 6.45) is -4.47. The lowest BCUT2D eigenvalue weighted by Crippen LogP contribution is -2.04. The summed E-state index contributed by atoms with van der Waals surface area (Å²) in [4.78, 5) is 10.7. The lowest BCUT2D eigenvalue weighted by Gasteiger charge is -2.09. The van der Waals surface area contributed by atoms with Crippen molar-refractivity contribution < 1.29 is 22.7 Å². The van der Waals surface area contributed by atoms with E-state index in [1.165, 1.54) is 24.3 Å². The molecule has 0 fully saturated rings. The topological polar surface area (TPSA) is 50.4 Å². The molecular weight excluding hydrogens is 305 g/mol. The molecule has 1 aromatic heterocycles. The molecule has 21 heavy (non-hydrogen) atoms. The minimum absolute atomic E-state index is 0.146. The summed E-state index contributed by atoms with van der Waals surface area (Å²) < 4.78 is 43.7. The van der Waals surface area contributed by atoms with E-state index in [2.05, 4.69) is 0 Å². The van der Waals surface area contributed by atoms with E-state index in [1.54, 1.807) is 0 Å². The van der Waals surface area contributed by atoms with E-state index in [4.69, 9.17) is 4.42 Å². The zero-order chi connectivity index (χ0) is 15.2. The molecule has 108 valence electrons. The lowest BCUT2D eigenvalue weighted by molar-refractivity contribution is -0.137. The van der Waals surface area contributed by atoms with Gasteiger partial charge in [-0.05, 0) is 23.8 Å². The van der Waals surface area contributed by atoms with Crippen LogP contribution in [0.1, 0.15) is 5.56 Å². The molecule has 0 amide bonds. The standard InChI is InChI=1S/C14H7F3O3S/c15-14(16,17)8-3-1-2-7(4-8)10-5-9(18)6-11-12(10)20-13(19)21-11/h1-6,18H. The van der Waals surface area contributed by atoms with Crippen LogP contribution in [0.3, 0.4) is 0 Å². The first kappa shape index (κ1) is 13.7. The molecule has 7 heteroatoms. The SMILES string of the molecule is O=c1oc2c(-c3cccc(C(F)(F)F)c3)cc(O)cc2s1. The van der Waals surface area contributed by atoms with Crippen LogP contribution in [-0.2, 0) is 6.18 Å². The number of hydrogen-bond donors (Lipinski definition) is 1. The highest BCUT2D eigenvalue weighted by atomic mass is 32.1. The van der Waals surface area contributed by atoms with Gasteiger partial charge in [-0.2, -0.15) is 13.2 Å². The number of fused-ring (bicyclic) bond motifs is 1. The quantitative estimate of drug-likeness (QED) is 0.731. The zero-order valence-corrected chi connectivity index (χ0v) is 11.1. The Balaban J connectivity index is 2.27. The van der Waals surface area contributed by atoms with Gasteiger partial charge in [0.1, 0.15) is 5.75 Å². The Hall–Kier alpha value is -2.28. The van der Waals surface area contributed by atoms with E-state index in [-0.39, 0.29) is 22.5 Å². The smallest absolute Gasteiger partial charge is 0.416 e. The van der Waals surface area contributed by atoms with Crippen LogP contribution in [0.5, 0.6) is 5.75 Å². The third-order valence-corrected chi connectivity index (χ3v) is 3.69. The second-order valence-corrected chi connectivity index (χ2v) is 5.33. The van der Waals surface area contributed by atoms with Gasteiger partial charge in [-0.25, -0.2) is 4.79 Å². The maximum absolute atomic E-state index is 12.8. The molecule has 3 rings (SSSR count). The molecule has 3 nitrogen and oxygen atoms in total. The molecule has 0 saturated carbocycles. The van der Waals surface area contributed by atoms with Crippen LogP contribution < -0.4 is 4.94 Å². The Morgan fingerprint density at radius 1 is 1.14 bits per heavy atom. The van der Waals surface area contributed by atoms with Gasteiger partial charge in [0.2, 0.25) is 0 Å². The van der Waals surface area contributed by atoms with Crippen molar-refractivity contribution in [2.75, 3.05) is 0 Å². The van der Waals surface area contributed by atoms with Crippen LogP contribution in [0, 0.1) is 0 Å². The van der Waals surface area contributed by atoms with E-state index >= 15 is 0 Å². The molecule has 2 aromatic carbocycles. The molecule has 0 unspecified atom stereocenters. The summed E-state index contributed by atoms with van der Waals surface area (Å²) in [5.41, 5.74) is -0.182. The van der Waals surface area contributed by atoms with Gasteiger partial charge in [0.25, 0.3) is 0 Å². The molecule has 0 aliphatic carbocycles. The van der Waals surface area contributed by atoms with Gasteiger partial charge < -0.3 is 9.52 Å². The summed E-state index contributed by atoms with van der Waals surface area (Å²) in [5, 5.41) is 9.65. The van der Waals surface area contributed by atoms with Crippen molar-refractivity contribution in [3.63, 3.8) is 0 Å². The Bertz CT molecular complexity index is 877. The molecule has 0 aliphatic rings. The fraction of sp³-hybridized carbons (Fsp3) is 0.0714. The highest BCUT2D eigenvalue weighted by molar-refractivity contribution is 7.16. The molecule has 3 aromatic rings. The number of halogens is 3. The van der Waals surface area contributed by atoms with E-state index < -0.39 is 16.7 Å². The van der Waals surface area contributed by atoms with Crippen molar-refractivity contribution in [2.45, 2.75) is 6.18 Å². The average Bonchev–Trinajstić information content (AvgIpc) is 2.77. The third-order valence-electron chi connectivity index (χ3n) is 2.92. The summed E-state index contributed by atoms with van der Waals surface area (Å²) in [7, 11) is 0. The first-order chi connectivity index (χ1) is 9.84. The predicted molar refractivity (Wildman–Crippen MR) is 72.5 cm³/mol. The highest BCUT2D eigenvalue weighted by Gasteiger charge is 2.30. The number of rotatable bonds is 1. The van der Waals surface area contributed by atoms with Crippen LogP contribution in [-0.4, -0.2) is 5.11 Å². The molecule has 1 N–H and O–H groups in total. The van der Waals surface area contributed by atoms with E-state index in [0.717, 1.165) is 23.5 Å². The minimum atomic E-state index is -4.47. The molecule has 0 bridgehead atoms. The molecule has 0 radical (unpaired) electrons. The largest absolute Gasteiger partial charge is 0.508 e. The van der Waals surface area contributed by atoms with Crippen LogP contribution >= 0.6 is 11.3 Å². The first-order valence-corrected chi connectivity index (χ1v) is 6.60. The van der Waals surface area contributed by atoms with E-state index in [0.29, 0.717) is 4.70 Å². The van der Waals surface area contributed by atoms with Crippen molar-refractivity contribution in [3.05, 3.63) is 51.7 Å². The van der Waals surface area contributed by atoms with Crippen LogP contribution in [0.25, 0.3) is 21.4 Å². The number of benzene rings is 2. The Kier molecular flexibility index (Phi) is 3.02. The third kappa shape index (κ3) is 2.52. The van der Waals surface area contributed by atoms with Crippen molar-refractivity contribution in [2.24, 2.45) is 0 Å². The molecule has 0 spiro atoms. The Morgan fingerprint density at radius 3 is 2.62 bits per heavy atom. The summed E-state index contributed by atoms with van der Waals surface area (Å²) in [6, 6.07) is 7.23. The molecule has 0 saturated heterocycles. The molecule has 0 atom stereocenters. The van der Waals surface area contributed by atoms with Gasteiger partial charge in [0.05, 0.1) is 10.3 Å². The van der Waals surface area contributed by atoms with Crippen molar-refractivity contribution in [1.29, 1.82) is 0 Å². The van der Waals surface area contributed by atoms with Gasteiger partial charge in [-0.3, -0.25) is 0 Å². The van der Waals surface area contributed by atoms with Crippen LogP contribution in [0.15, 0.2) is 45.6 Å². The lowest BCUT2D eigenvalue weighted by atomic mass is 10.0. The number of alkyl halides is 3. The minimum Gasteiger partial charge on any atom is -0.508 e. The highest BCUT2D eigenvalue weighted by Crippen LogP contribution is 2.37. The van der Waals surface area contributed by atoms with Crippen molar-refractivity contribution in [1.82, 2.24) is 0 Å². The van der Waals surface area contributed by atoms with Gasteiger partial charge in [0, 0.05) is 11.6 Å². The zero-order valence-electron chi connectivity index (χ0n) is 10.3. The summed E-state index contributed by atoms with van der Waals surface area (Å²) >= 11 is 0.780. The average molecular weight is 312 g/mol. The summed E-state index contributed by atoms with van der Waals surface area (Å²) in [5.74, 6) is -0.146. The molecular formula is C14H7F3O3S. The maximum atomic E-state index is 12.8. The van der Waals surface area contributed by atoms with Gasteiger partial charge in [-0.15, -0.1) is 0 Å². The van der Waals surface area contributed by atoms with Gasteiger partial charge in [-0.1, -0.05) is 23.5 Å². The van der Waals surface area contributed by atoms with Crippen molar-refractivity contribution >= 4 is 21.6 Å². The van der Waals surface area contributed by atoms with Crippen molar-refractivity contribution in [3.8, 4) is 16.9 Å². The fourth-order valence-corrected chi connectivity index (χ4v) is 2.77. The second-order valence-electron chi connectivity index (χ2n) is 4.35. The van der Waals surface area contributed by atoms with E-state index in [9.17, 15) is 23.1 Å². The number of aromatic hydroxyl groups is 1. The normalized spacial score (nSPS) is 12.0. The number of phenols is 1.